The second-order valence-electron chi connectivity index (χ2n) is 10.7. The molecule has 0 saturated heterocycles. The first-order chi connectivity index (χ1) is 19.1. The van der Waals surface area contributed by atoms with E-state index >= 15 is 0 Å². The molecule has 0 radical (unpaired) electrons. The van der Waals surface area contributed by atoms with Crippen molar-refractivity contribution in [1.29, 1.82) is 0 Å². The molecule has 39 heavy (non-hydrogen) atoms. The second kappa shape index (κ2) is 10.5. The van der Waals surface area contributed by atoms with Gasteiger partial charge in [-0.1, -0.05) is 76.2 Å². The van der Waals surface area contributed by atoms with Crippen LogP contribution in [0.1, 0.15) is 74.9 Å². The monoisotopic (exact) mass is 512 g/mol. The molecule has 4 heteroatoms. The molecule has 4 nitrogen and oxygen atoms in total. The van der Waals surface area contributed by atoms with Gasteiger partial charge in [0.1, 0.15) is 0 Å². The van der Waals surface area contributed by atoms with Gasteiger partial charge in [-0.05, 0) is 72.2 Å². The number of fused-ring (bicyclic) bond motifs is 2. The number of rotatable bonds is 8. The summed E-state index contributed by atoms with van der Waals surface area (Å²) in [7, 11) is 0. The van der Waals surface area contributed by atoms with E-state index < -0.39 is 0 Å². The van der Waals surface area contributed by atoms with Gasteiger partial charge in [-0.3, -0.25) is 9.97 Å². The number of hydrogen-bond donors (Lipinski definition) is 2. The quantitative estimate of drug-likeness (QED) is 0.213. The highest BCUT2D eigenvalue weighted by Crippen LogP contribution is 2.37. The summed E-state index contributed by atoms with van der Waals surface area (Å²) in [6.45, 7) is 9.10. The van der Waals surface area contributed by atoms with Gasteiger partial charge in [-0.15, -0.1) is 0 Å². The van der Waals surface area contributed by atoms with Crippen LogP contribution >= 0.6 is 0 Å². The normalized spacial score (nSPS) is 13.2. The Morgan fingerprint density at radius 1 is 0.564 bits per heavy atom. The van der Waals surface area contributed by atoms with Crippen LogP contribution in [0.25, 0.3) is 44.6 Å². The Kier molecular flexibility index (Phi) is 6.78. The highest BCUT2D eigenvalue weighted by molar-refractivity contribution is 5.91. The number of H-pyrrole nitrogens is 2. The maximum absolute atomic E-state index is 5.13. The Bertz CT molecular complexity index is 1630. The molecule has 2 atom stereocenters. The maximum atomic E-state index is 5.13. The highest BCUT2D eigenvalue weighted by Gasteiger charge is 2.20. The number of nitrogens with zero attached hydrogens (tertiary/aromatic N) is 2. The van der Waals surface area contributed by atoms with E-state index in [-0.39, 0.29) is 0 Å². The van der Waals surface area contributed by atoms with Crippen molar-refractivity contribution in [1.82, 2.24) is 19.9 Å². The van der Waals surface area contributed by atoms with Gasteiger partial charge in [-0.2, -0.15) is 0 Å². The summed E-state index contributed by atoms with van der Waals surface area (Å²) in [5.41, 5.74) is 11.3. The van der Waals surface area contributed by atoms with Crippen molar-refractivity contribution in [3.63, 3.8) is 0 Å². The minimum Gasteiger partial charge on any atom is -0.353 e. The molecule has 2 aromatic carbocycles. The zero-order chi connectivity index (χ0) is 26.9. The van der Waals surface area contributed by atoms with Crippen LogP contribution in [0, 0.1) is 0 Å². The van der Waals surface area contributed by atoms with Crippen LogP contribution in [0.4, 0.5) is 0 Å². The second-order valence-corrected chi connectivity index (χ2v) is 10.7. The van der Waals surface area contributed by atoms with Crippen molar-refractivity contribution in [2.45, 2.75) is 58.8 Å². The zero-order valence-electron chi connectivity index (χ0n) is 23.3. The van der Waals surface area contributed by atoms with Crippen molar-refractivity contribution in [2.24, 2.45) is 0 Å². The van der Waals surface area contributed by atoms with Gasteiger partial charge >= 0.3 is 0 Å². The molecule has 2 N–H and O–H groups in total. The Hall–Kier alpha value is -4.18. The topological polar surface area (TPSA) is 57.4 Å². The summed E-state index contributed by atoms with van der Waals surface area (Å²) in [5, 5.41) is 2.58. The number of hydrogen-bond acceptors (Lipinski definition) is 2. The molecule has 0 fully saturated rings. The van der Waals surface area contributed by atoms with Gasteiger partial charge < -0.3 is 9.97 Å². The number of benzene rings is 2. The van der Waals surface area contributed by atoms with E-state index in [2.05, 4.69) is 123 Å². The van der Waals surface area contributed by atoms with Crippen LogP contribution in [-0.2, 0) is 6.42 Å². The van der Waals surface area contributed by atoms with Crippen LogP contribution < -0.4 is 0 Å². The van der Waals surface area contributed by atoms with Crippen molar-refractivity contribution >= 4 is 21.8 Å². The Balaban J connectivity index is 1.37. The minimum absolute atomic E-state index is 0.441. The zero-order valence-corrected chi connectivity index (χ0v) is 23.3. The lowest BCUT2D eigenvalue weighted by Gasteiger charge is -2.13. The summed E-state index contributed by atoms with van der Waals surface area (Å²) < 4.78 is 0. The molecule has 0 aliphatic heterocycles. The van der Waals surface area contributed by atoms with E-state index in [1.807, 2.05) is 0 Å². The first-order valence-corrected chi connectivity index (χ1v) is 14.2. The molecule has 4 heterocycles. The number of aromatic nitrogens is 4. The number of nitrogens with one attached hydrogen (secondary N) is 2. The lowest BCUT2D eigenvalue weighted by molar-refractivity contribution is 0.740. The molecule has 0 bridgehead atoms. The largest absolute Gasteiger partial charge is 0.353 e. The summed E-state index contributed by atoms with van der Waals surface area (Å²) in [5.74, 6) is 0.881. The highest BCUT2D eigenvalue weighted by atomic mass is 14.8. The lowest BCUT2D eigenvalue weighted by Crippen LogP contribution is -2.00. The lowest BCUT2D eigenvalue weighted by atomic mass is 9.94. The van der Waals surface area contributed by atoms with E-state index in [0.717, 1.165) is 47.0 Å². The standard InChI is InChI=1S/C35H36N4/c1-5-22(3)32-26-15-7-9-17-28(26)38-34(32)30-19-11-13-24(36-30)21-25-14-12-20-31(37-25)35-33(23(4)6-2)27-16-8-10-18-29(27)39-35/h7-20,22-23,38-39H,5-6,21H2,1-4H3. The summed E-state index contributed by atoms with van der Waals surface area (Å²) in [4.78, 5) is 17.6. The van der Waals surface area contributed by atoms with Crippen LogP contribution in [0.15, 0.2) is 84.9 Å². The van der Waals surface area contributed by atoms with Gasteiger partial charge in [0.2, 0.25) is 0 Å². The van der Waals surface area contributed by atoms with E-state index in [1.165, 1.54) is 32.9 Å². The third-order valence-corrected chi connectivity index (χ3v) is 8.19. The van der Waals surface area contributed by atoms with Gasteiger partial charge in [0.25, 0.3) is 0 Å². The first-order valence-electron chi connectivity index (χ1n) is 14.2. The molecule has 0 saturated carbocycles. The molecule has 6 rings (SSSR count). The Morgan fingerprint density at radius 3 is 1.44 bits per heavy atom. The fourth-order valence-corrected chi connectivity index (χ4v) is 5.78. The fraction of sp³-hybridized carbons (Fsp3) is 0.257. The number of aromatic amines is 2. The molecule has 0 aliphatic rings. The van der Waals surface area contributed by atoms with Crippen LogP contribution in [0.3, 0.4) is 0 Å². The molecular weight excluding hydrogens is 476 g/mol. The third-order valence-electron chi connectivity index (χ3n) is 8.19. The van der Waals surface area contributed by atoms with Gasteiger partial charge in [0, 0.05) is 39.6 Å². The van der Waals surface area contributed by atoms with Crippen LogP contribution in [0.2, 0.25) is 0 Å². The summed E-state index contributed by atoms with van der Waals surface area (Å²) in [6.07, 6.45) is 2.84. The van der Waals surface area contributed by atoms with E-state index in [1.54, 1.807) is 0 Å². The van der Waals surface area contributed by atoms with Crippen molar-refractivity contribution in [2.75, 3.05) is 0 Å². The molecule has 0 spiro atoms. The fourth-order valence-electron chi connectivity index (χ4n) is 5.78. The van der Waals surface area contributed by atoms with Gasteiger partial charge in [0.05, 0.1) is 22.8 Å². The molecule has 196 valence electrons. The summed E-state index contributed by atoms with van der Waals surface area (Å²) >= 11 is 0. The van der Waals surface area contributed by atoms with E-state index in [9.17, 15) is 0 Å². The molecular formula is C35H36N4. The minimum atomic E-state index is 0.441. The molecule has 4 aromatic heterocycles. The number of para-hydroxylation sites is 2. The van der Waals surface area contributed by atoms with E-state index in [0.29, 0.717) is 18.3 Å². The van der Waals surface area contributed by atoms with Crippen LogP contribution in [-0.4, -0.2) is 19.9 Å². The van der Waals surface area contributed by atoms with Crippen molar-refractivity contribution in [3.8, 4) is 22.8 Å². The van der Waals surface area contributed by atoms with Crippen molar-refractivity contribution < 1.29 is 0 Å². The Morgan fingerprint density at radius 2 is 1.00 bits per heavy atom. The molecule has 2 unspecified atom stereocenters. The average Bonchev–Trinajstić information content (AvgIpc) is 3.56. The molecule has 0 amide bonds. The van der Waals surface area contributed by atoms with Crippen LogP contribution in [0.5, 0.6) is 0 Å². The SMILES string of the molecule is CCC(C)c1c(-c2cccc(Cc3cccc(-c4[nH]c5ccccc5c4C(C)CC)n3)n2)[nH]c2ccccc12. The Labute approximate surface area is 230 Å². The van der Waals surface area contributed by atoms with Crippen molar-refractivity contribution in [3.05, 3.63) is 107 Å². The third kappa shape index (κ3) is 4.65. The average molecular weight is 513 g/mol. The molecule has 6 aromatic rings. The molecule has 0 aliphatic carbocycles. The van der Waals surface area contributed by atoms with E-state index in [4.69, 9.17) is 9.97 Å². The van der Waals surface area contributed by atoms with Gasteiger partial charge in [-0.25, -0.2) is 0 Å². The maximum Gasteiger partial charge on any atom is 0.0871 e. The first kappa shape index (κ1) is 25.1. The number of pyridine rings is 2. The van der Waals surface area contributed by atoms with Gasteiger partial charge in [0.15, 0.2) is 0 Å². The smallest absolute Gasteiger partial charge is 0.0871 e. The predicted octanol–water partition coefficient (Wildman–Crippen LogP) is 9.39. The summed E-state index contributed by atoms with van der Waals surface area (Å²) in [6, 6.07) is 29.8. The predicted molar refractivity (Wildman–Crippen MR) is 163 cm³/mol.